The third-order valence-electron chi connectivity index (χ3n) is 3.00. The summed E-state index contributed by atoms with van der Waals surface area (Å²) < 4.78 is 7.20. The summed E-state index contributed by atoms with van der Waals surface area (Å²) in [6, 6.07) is 4.76. The first-order chi connectivity index (χ1) is 9.93. The van der Waals surface area contributed by atoms with Gasteiger partial charge in [0.15, 0.2) is 5.75 Å². The standard InChI is InChI=1S/C13H13BrClN3O3/c1-8-13(15)11(17(2)16-8)7-21-12-5-9(6-14)3-4-10(12)18(19)20/h3-5H,6-7H2,1-2H3. The molecule has 6 nitrogen and oxygen atoms in total. The van der Waals surface area contributed by atoms with Crippen LogP contribution in [0.4, 0.5) is 5.69 Å². The van der Waals surface area contributed by atoms with Gasteiger partial charge in [-0.05, 0) is 18.6 Å². The number of nitro benzene ring substituents is 1. The number of benzene rings is 1. The normalized spacial score (nSPS) is 10.7. The smallest absolute Gasteiger partial charge is 0.310 e. The number of alkyl halides is 1. The molecule has 0 saturated carbocycles. The molecule has 0 bridgehead atoms. The molecule has 21 heavy (non-hydrogen) atoms. The number of aromatic nitrogens is 2. The van der Waals surface area contributed by atoms with Crippen LogP contribution in [0, 0.1) is 17.0 Å². The first-order valence-corrected chi connectivity index (χ1v) is 7.58. The highest BCUT2D eigenvalue weighted by Gasteiger charge is 2.18. The van der Waals surface area contributed by atoms with Crippen molar-refractivity contribution in [1.82, 2.24) is 9.78 Å². The van der Waals surface area contributed by atoms with E-state index < -0.39 is 4.92 Å². The Bertz CT molecular complexity index is 688. The van der Waals surface area contributed by atoms with Gasteiger partial charge < -0.3 is 4.74 Å². The molecule has 8 heteroatoms. The predicted octanol–water partition coefficient (Wildman–Crippen LogP) is 3.76. The molecule has 2 aromatic rings. The molecule has 0 N–H and O–H groups in total. The minimum absolute atomic E-state index is 0.0743. The molecule has 0 unspecified atom stereocenters. The van der Waals surface area contributed by atoms with Crippen molar-refractivity contribution in [1.29, 1.82) is 0 Å². The van der Waals surface area contributed by atoms with Crippen molar-refractivity contribution < 1.29 is 9.66 Å². The second-order valence-corrected chi connectivity index (χ2v) is 5.39. The van der Waals surface area contributed by atoms with E-state index in [0.717, 1.165) is 5.56 Å². The van der Waals surface area contributed by atoms with Crippen LogP contribution in [0.3, 0.4) is 0 Å². The van der Waals surface area contributed by atoms with Crippen LogP contribution in [0.5, 0.6) is 5.75 Å². The van der Waals surface area contributed by atoms with Gasteiger partial charge in [-0.25, -0.2) is 0 Å². The Labute approximate surface area is 134 Å². The van der Waals surface area contributed by atoms with Crippen molar-refractivity contribution in [2.75, 3.05) is 0 Å². The molecule has 1 aromatic carbocycles. The van der Waals surface area contributed by atoms with Gasteiger partial charge in [-0.3, -0.25) is 14.8 Å². The van der Waals surface area contributed by atoms with E-state index in [1.165, 1.54) is 6.07 Å². The summed E-state index contributed by atoms with van der Waals surface area (Å²) in [7, 11) is 1.75. The Kier molecular flexibility index (Phi) is 4.84. The zero-order chi connectivity index (χ0) is 15.6. The first kappa shape index (κ1) is 15.8. The number of nitro groups is 1. The minimum atomic E-state index is -0.469. The van der Waals surface area contributed by atoms with E-state index >= 15 is 0 Å². The summed E-state index contributed by atoms with van der Waals surface area (Å²) in [5, 5.41) is 16.3. The summed E-state index contributed by atoms with van der Waals surface area (Å²) in [6.07, 6.45) is 0. The van der Waals surface area contributed by atoms with Crippen LogP contribution in [0.1, 0.15) is 17.0 Å². The summed E-state index contributed by atoms with van der Waals surface area (Å²) in [5.41, 5.74) is 2.19. The molecule has 0 amide bonds. The molecule has 0 atom stereocenters. The van der Waals surface area contributed by atoms with Crippen LogP contribution in [0.2, 0.25) is 5.02 Å². The molecule has 0 fully saturated rings. The predicted molar refractivity (Wildman–Crippen MR) is 83.0 cm³/mol. The molecule has 0 aliphatic heterocycles. The monoisotopic (exact) mass is 373 g/mol. The van der Waals surface area contributed by atoms with E-state index in [0.29, 0.717) is 21.7 Å². The number of nitrogens with zero attached hydrogens (tertiary/aromatic N) is 3. The Morgan fingerprint density at radius 1 is 1.52 bits per heavy atom. The highest BCUT2D eigenvalue weighted by atomic mass is 79.9. The Morgan fingerprint density at radius 3 is 2.76 bits per heavy atom. The number of aryl methyl sites for hydroxylation is 2. The van der Waals surface area contributed by atoms with Crippen molar-refractivity contribution in [2.24, 2.45) is 7.05 Å². The van der Waals surface area contributed by atoms with Crippen molar-refractivity contribution >= 4 is 33.2 Å². The molecule has 2 rings (SSSR count). The van der Waals surface area contributed by atoms with E-state index in [2.05, 4.69) is 21.0 Å². The lowest BCUT2D eigenvalue weighted by Gasteiger charge is -2.08. The third kappa shape index (κ3) is 3.36. The van der Waals surface area contributed by atoms with Crippen LogP contribution in [-0.2, 0) is 19.0 Å². The fraction of sp³-hybridized carbons (Fsp3) is 0.308. The second-order valence-electron chi connectivity index (χ2n) is 4.45. The van der Waals surface area contributed by atoms with E-state index in [-0.39, 0.29) is 18.0 Å². The fourth-order valence-corrected chi connectivity index (χ4v) is 2.45. The highest BCUT2D eigenvalue weighted by molar-refractivity contribution is 9.08. The lowest BCUT2D eigenvalue weighted by Crippen LogP contribution is -2.05. The van der Waals surface area contributed by atoms with Crippen molar-refractivity contribution in [2.45, 2.75) is 18.9 Å². The van der Waals surface area contributed by atoms with Gasteiger partial charge in [-0.1, -0.05) is 33.6 Å². The van der Waals surface area contributed by atoms with Crippen LogP contribution in [-0.4, -0.2) is 14.7 Å². The van der Waals surface area contributed by atoms with Crippen LogP contribution < -0.4 is 4.74 Å². The van der Waals surface area contributed by atoms with Gasteiger partial charge in [0.05, 0.1) is 21.3 Å². The molecular weight excluding hydrogens is 362 g/mol. The van der Waals surface area contributed by atoms with Crippen LogP contribution in [0.15, 0.2) is 18.2 Å². The highest BCUT2D eigenvalue weighted by Crippen LogP contribution is 2.30. The van der Waals surface area contributed by atoms with Crippen LogP contribution in [0.25, 0.3) is 0 Å². The molecule has 112 valence electrons. The minimum Gasteiger partial charge on any atom is -0.480 e. The van der Waals surface area contributed by atoms with Crippen molar-refractivity contribution in [3.63, 3.8) is 0 Å². The lowest BCUT2D eigenvalue weighted by atomic mass is 10.2. The van der Waals surface area contributed by atoms with Gasteiger partial charge in [0.2, 0.25) is 0 Å². The molecule has 1 aromatic heterocycles. The topological polar surface area (TPSA) is 70.2 Å². The molecular formula is C13H13BrClN3O3. The second kappa shape index (κ2) is 6.44. The van der Waals surface area contributed by atoms with Crippen molar-refractivity contribution in [3.8, 4) is 5.75 Å². The quantitative estimate of drug-likeness (QED) is 0.454. The van der Waals surface area contributed by atoms with E-state index in [1.54, 1.807) is 30.8 Å². The van der Waals surface area contributed by atoms with Gasteiger partial charge in [-0.15, -0.1) is 0 Å². The molecule has 0 aliphatic carbocycles. The van der Waals surface area contributed by atoms with Gasteiger partial charge in [0.1, 0.15) is 6.61 Å². The number of ether oxygens (including phenoxy) is 1. The fourth-order valence-electron chi connectivity index (χ4n) is 1.89. The van der Waals surface area contributed by atoms with Gasteiger partial charge in [-0.2, -0.15) is 5.10 Å². The number of halogens is 2. The van der Waals surface area contributed by atoms with Crippen molar-refractivity contribution in [3.05, 3.63) is 50.3 Å². The summed E-state index contributed by atoms with van der Waals surface area (Å²) in [4.78, 5) is 10.6. The maximum atomic E-state index is 11.0. The molecule has 0 spiro atoms. The maximum absolute atomic E-state index is 11.0. The Balaban J connectivity index is 2.28. The average molecular weight is 375 g/mol. The molecule has 0 aliphatic rings. The summed E-state index contributed by atoms with van der Waals surface area (Å²) in [5.74, 6) is 0.215. The van der Waals surface area contributed by atoms with Gasteiger partial charge in [0, 0.05) is 18.4 Å². The molecule has 0 saturated heterocycles. The molecule has 1 heterocycles. The Hall–Kier alpha value is -1.60. The zero-order valence-corrected chi connectivity index (χ0v) is 13.8. The SMILES string of the molecule is Cc1nn(C)c(COc2cc(CBr)ccc2[N+](=O)[O-])c1Cl. The number of hydrogen-bond acceptors (Lipinski definition) is 4. The zero-order valence-electron chi connectivity index (χ0n) is 11.5. The largest absolute Gasteiger partial charge is 0.480 e. The van der Waals surface area contributed by atoms with Gasteiger partial charge in [0.25, 0.3) is 0 Å². The average Bonchev–Trinajstić information content (AvgIpc) is 2.69. The van der Waals surface area contributed by atoms with E-state index in [9.17, 15) is 10.1 Å². The Morgan fingerprint density at radius 2 is 2.24 bits per heavy atom. The lowest BCUT2D eigenvalue weighted by molar-refractivity contribution is -0.386. The van der Waals surface area contributed by atoms with Crippen LogP contribution >= 0.6 is 27.5 Å². The summed E-state index contributed by atoms with van der Waals surface area (Å²) in [6.45, 7) is 1.91. The first-order valence-electron chi connectivity index (χ1n) is 6.08. The van der Waals surface area contributed by atoms with E-state index in [1.807, 2.05) is 0 Å². The van der Waals surface area contributed by atoms with E-state index in [4.69, 9.17) is 16.3 Å². The van der Waals surface area contributed by atoms with Gasteiger partial charge >= 0.3 is 5.69 Å². The number of rotatable bonds is 5. The molecule has 0 radical (unpaired) electrons. The number of hydrogen-bond donors (Lipinski definition) is 0. The maximum Gasteiger partial charge on any atom is 0.310 e. The summed E-state index contributed by atoms with van der Waals surface area (Å²) >= 11 is 9.45. The third-order valence-corrected chi connectivity index (χ3v) is 4.14.